The fourth-order valence-corrected chi connectivity index (χ4v) is 4.77. The predicted molar refractivity (Wildman–Crippen MR) is 133 cm³/mol. The van der Waals surface area contributed by atoms with E-state index in [2.05, 4.69) is 33.9 Å². The molecule has 1 fully saturated rings. The monoisotopic (exact) mass is 448 g/mol. The molecule has 6 nitrogen and oxygen atoms in total. The molecular formula is C25H28N4O2S. The van der Waals surface area contributed by atoms with Crippen LogP contribution in [0.4, 0.5) is 11.4 Å². The zero-order chi connectivity index (χ0) is 22.3. The molecule has 0 radical (unpaired) electrons. The van der Waals surface area contributed by atoms with Crippen LogP contribution in [0.2, 0.25) is 0 Å². The van der Waals surface area contributed by atoms with E-state index in [4.69, 9.17) is 0 Å². The number of benzene rings is 2. The number of hydrogen-bond donors (Lipinski definition) is 1. The maximum absolute atomic E-state index is 12.8. The van der Waals surface area contributed by atoms with Gasteiger partial charge in [-0.1, -0.05) is 42.8 Å². The molecule has 0 spiro atoms. The van der Waals surface area contributed by atoms with Gasteiger partial charge >= 0.3 is 0 Å². The fraction of sp³-hybridized carbons (Fsp3) is 0.320. The van der Waals surface area contributed by atoms with Crippen molar-refractivity contribution in [1.29, 1.82) is 0 Å². The molecule has 0 atom stereocenters. The van der Waals surface area contributed by atoms with Crippen LogP contribution in [0.25, 0.3) is 10.9 Å². The lowest BCUT2D eigenvalue weighted by atomic mass is 10.2. The van der Waals surface area contributed by atoms with E-state index in [1.165, 1.54) is 43.1 Å². The van der Waals surface area contributed by atoms with Crippen molar-refractivity contribution in [1.82, 2.24) is 9.55 Å². The summed E-state index contributed by atoms with van der Waals surface area (Å²) in [6.45, 7) is 6.26. The number of thioether (sulfide) groups is 1. The number of amides is 1. The van der Waals surface area contributed by atoms with Gasteiger partial charge in [-0.2, -0.15) is 0 Å². The van der Waals surface area contributed by atoms with Crippen molar-refractivity contribution in [2.24, 2.45) is 0 Å². The van der Waals surface area contributed by atoms with E-state index in [-0.39, 0.29) is 17.2 Å². The summed E-state index contributed by atoms with van der Waals surface area (Å²) in [7, 11) is 0. The van der Waals surface area contributed by atoms with Crippen molar-refractivity contribution < 1.29 is 4.79 Å². The van der Waals surface area contributed by atoms with Gasteiger partial charge < -0.3 is 10.2 Å². The summed E-state index contributed by atoms with van der Waals surface area (Å²) in [5.74, 6) is 0.0283. The molecule has 4 rings (SSSR count). The van der Waals surface area contributed by atoms with Crippen molar-refractivity contribution in [3.05, 3.63) is 71.5 Å². The summed E-state index contributed by atoms with van der Waals surface area (Å²) in [4.78, 5) is 32.4. The Morgan fingerprint density at radius 1 is 1.06 bits per heavy atom. The Morgan fingerprint density at radius 2 is 1.78 bits per heavy atom. The van der Waals surface area contributed by atoms with E-state index in [0.717, 1.165) is 18.8 Å². The van der Waals surface area contributed by atoms with Gasteiger partial charge in [-0.15, -0.1) is 6.58 Å². The van der Waals surface area contributed by atoms with Crippen LogP contribution in [0.3, 0.4) is 0 Å². The first kappa shape index (κ1) is 22.1. The summed E-state index contributed by atoms with van der Waals surface area (Å²) >= 11 is 1.26. The van der Waals surface area contributed by atoms with Gasteiger partial charge in [0.15, 0.2) is 5.16 Å². The first-order chi connectivity index (χ1) is 15.7. The molecule has 1 aliphatic rings. The zero-order valence-electron chi connectivity index (χ0n) is 18.1. The fourth-order valence-electron chi connectivity index (χ4n) is 3.96. The van der Waals surface area contributed by atoms with Crippen LogP contribution < -0.4 is 15.8 Å². The van der Waals surface area contributed by atoms with Crippen molar-refractivity contribution in [3.8, 4) is 0 Å². The van der Waals surface area contributed by atoms with Gasteiger partial charge in [-0.25, -0.2) is 4.98 Å². The van der Waals surface area contributed by atoms with Crippen molar-refractivity contribution in [2.75, 3.05) is 29.1 Å². The lowest BCUT2D eigenvalue weighted by molar-refractivity contribution is -0.113. The molecule has 3 aromatic rings. The molecule has 166 valence electrons. The van der Waals surface area contributed by atoms with Crippen LogP contribution in [0, 0.1) is 0 Å². The minimum Gasteiger partial charge on any atom is -0.372 e. The molecule has 7 heteroatoms. The van der Waals surface area contributed by atoms with Gasteiger partial charge in [0.05, 0.1) is 16.7 Å². The number of nitrogens with one attached hydrogen (secondary N) is 1. The molecule has 0 saturated carbocycles. The van der Waals surface area contributed by atoms with Crippen molar-refractivity contribution in [2.45, 2.75) is 37.4 Å². The number of nitrogens with zero attached hydrogens (tertiary/aromatic N) is 3. The number of rotatable bonds is 7. The molecule has 0 bridgehead atoms. The second kappa shape index (κ2) is 10.5. The Morgan fingerprint density at radius 3 is 2.50 bits per heavy atom. The molecule has 1 N–H and O–H groups in total. The number of anilines is 2. The number of fused-ring (bicyclic) bond motifs is 1. The summed E-state index contributed by atoms with van der Waals surface area (Å²) in [6, 6.07) is 15.3. The summed E-state index contributed by atoms with van der Waals surface area (Å²) in [6.07, 6.45) is 6.72. The molecule has 1 aromatic heterocycles. The molecular weight excluding hydrogens is 420 g/mol. The Hall–Kier alpha value is -3.06. The topological polar surface area (TPSA) is 67.2 Å². The maximum Gasteiger partial charge on any atom is 0.262 e. The quantitative estimate of drug-likeness (QED) is 0.323. The average Bonchev–Trinajstić information content (AvgIpc) is 3.10. The van der Waals surface area contributed by atoms with Crippen LogP contribution in [0.5, 0.6) is 0 Å². The first-order valence-corrected chi connectivity index (χ1v) is 12.0. The predicted octanol–water partition coefficient (Wildman–Crippen LogP) is 4.69. The third-order valence-corrected chi connectivity index (χ3v) is 6.57. The molecule has 0 unspecified atom stereocenters. The van der Waals surface area contributed by atoms with E-state index >= 15 is 0 Å². The lowest BCUT2D eigenvalue weighted by Gasteiger charge is -2.22. The third-order valence-electron chi connectivity index (χ3n) is 5.59. The van der Waals surface area contributed by atoms with Gasteiger partial charge in [0.2, 0.25) is 5.91 Å². The average molecular weight is 449 g/mol. The highest BCUT2D eigenvalue weighted by Gasteiger charge is 2.13. The van der Waals surface area contributed by atoms with E-state index in [1.807, 2.05) is 30.3 Å². The largest absolute Gasteiger partial charge is 0.372 e. The first-order valence-electron chi connectivity index (χ1n) is 11.0. The molecule has 1 saturated heterocycles. The maximum atomic E-state index is 12.8. The van der Waals surface area contributed by atoms with Crippen LogP contribution in [0.1, 0.15) is 25.7 Å². The van der Waals surface area contributed by atoms with Crippen molar-refractivity contribution in [3.63, 3.8) is 0 Å². The number of hydrogen-bond acceptors (Lipinski definition) is 5. The minimum atomic E-state index is -0.134. The highest BCUT2D eigenvalue weighted by molar-refractivity contribution is 7.99. The standard InChI is InChI=1S/C25H28N4O2S/c1-2-15-29-24(31)21-9-5-6-10-22(21)27-25(29)32-18-23(30)26-19-11-13-20(14-12-19)28-16-7-3-4-8-17-28/h2,5-6,9-14H,1,3-4,7-8,15-18H2,(H,26,30). The van der Waals surface area contributed by atoms with Crippen LogP contribution in [-0.2, 0) is 11.3 Å². The van der Waals surface area contributed by atoms with Crippen LogP contribution in [-0.4, -0.2) is 34.3 Å². The Labute approximate surface area is 192 Å². The van der Waals surface area contributed by atoms with E-state index in [9.17, 15) is 9.59 Å². The number of para-hydroxylation sites is 1. The second-order valence-corrected chi connectivity index (χ2v) is 8.84. The van der Waals surface area contributed by atoms with E-state index in [1.54, 1.807) is 16.7 Å². The van der Waals surface area contributed by atoms with Crippen LogP contribution in [0.15, 0.2) is 71.1 Å². The molecule has 1 amide bonds. The number of aromatic nitrogens is 2. The van der Waals surface area contributed by atoms with Crippen molar-refractivity contribution >= 4 is 39.9 Å². The Balaban J connectivity index is 1.41. The molecule has 2 aromatic carbocycles. The SMILES string of the molecule is C=CCn1c(SCC(=O)Nc2ccc(N3CCCCCC3)cc2)nc2ccccc2c1=O. The van der Waals surface area contributed by atoms with Gasteiger partial charge in [0.25, 0.3) is 5.56 Å². The zero-order valence-corrected chi connectivity index (χ0v) is 18.9. The van der Waals surface area contributed by atoms with Gasteiger partial charge in [-0.3, -0.25) is 14.2 Å². The van der Waals surface area contributed by atoms with E-state index < -0.39 is 0 Å². The summed E-state index contributed by atoms with van der Waals surface area (Å²) in [5.41, 5.74) is 2.48. The highest BCUT2D eigenvalue weighted by atomic mass is 32.2. The minimum absolute atomic E-state index is 0.123. The summed E-state index contributed by atoms with van der Waals surface area (Å²) in [5, 5.41) is 4.02. The third kappa shape index (κ3) is 5.22. The number of allylic oxidation sites excluding steroid dienone is 1. The van der Waals surface area contributed by atoms with E-state index in [0.29, 0.717) is 22.6 Å². The second-order valence-electron chi connectivity index (χ2n) is 7.90. The number of carbonyl (C=O) groups excluding carboxylic acids is 1. The van der Waals surface area contributed by atoms with Crippen LogP contribution >= 0.6 is 11.8 Å². The van der Waals surface area contributed by atoms with Gasteiger partial charge in [-0.05, 0) is 49.2 Å². The highest BCUT2D eigenvalue weighted by Crippen LogP contribution is 2.22. The molecule has 2 heterocycles. The lowest BCUT2D eigenvalue weighted by Crippen LogP contribution is -2.24. The summed E-state index contributed by atoms with van der Waals surface area (Å²) < 4.78 is 1.56. The molecule has 0 aliphatic carbocycles. The molecule has 32 heavy (non-hydrogen) atoms. The Kier molecular flexibility index (Phi) is 7.27. The molecule has 1 aliphatic heterocycles. The smallest absolute Gasteiger partial charge is 0.262 e. The normalized spacial score (nSPS) is 14.2. The number of carbonyl (C=O) groups is 1. The Bertz CT molecular complexity index is 1150. The van der Waals surface area contributed by atoms with Gasteiger partial charge in [0.1, 0.15) is 0 Å². The van der Waals surface area contributed by atoms with Gasteiger partial charge in [0, 0.05) is 31.0 Å².